The minimum Gasteiger partial charge on any atom is -0.376 e. The molecule has 2 aliphatic heterocycles. The molecule has 0 aromatic heterocycles. The van der Waals surface area contributed by atoms with E-state index in [1.165, 1.54) is 9.80 Å². The van der Waals surface area contributed by atoms with Crippen LogP contribution >= 0.6 is 11.6 Å². The molecular formula is C18H22ClN3O5. The van der Waals surface area contributed by atoms with Crippen LogP contribution < -0.4 is 4.90 Å². The molecule has 0 saturated carbocycles. The molecule has 27 heavy (non-hydrogen) atoms. The fourth-order valence-corrected chi connectivity index (χ4v) is 3.58. The predicted molar refractivity (Wildman–Crippen MR) is 98.2 cm³/mol. The molecule has 0 unspecified atom stereocenters. The van der Waals surface area contributed by atoms with E-state index in [-0.39, 0.29) is 6.54 Å². The molecule has 3 rings (SSSR count). The number of nitrogens with zero attached hydrogens (tertiary/aromatic N) is 3. The van der Waals surface area contributed by atoms with Crippen LogP contribution in [-0.2, 0) is 19.1 Å². The van der Waals surface area contributed by atoms with Crippen LogP contribution in [0.3, 0.4) is 0 Å². The lowest BCUT2D eigenvalue weighted by molar-refractivity contribution is -0.235. The topological polar surface area (TPSA) is 79.4 Å². The Morgan fingerprint density at radius 2 is 1.74 bits per heavy atom. The van der Waals surface area contributed by atoms with Crippen molar-refractivity contribution >= 4 is 35.1 Å². The van der Waals surface area contributed by atoms with Crippen LogP contribution in [0.2, 0.25) is 5.02 Å². The Balaban J connectivity index is 1.95. The van der Waals surface area contributed by atoms with Crippen LogP contribution in [0.25, 0.3) is 0 Å². The maximum absolute atomic E-state index is 13.1. The summed E-state index contributed by atoms with van der Waals surface area (Å²) in [6, 6.07) is 2.89. The van der Waals surface area contributed by atoms with Crippen LogP contribution in [0.15, 0.2) is 18.2 Å². The number of rotatable bonds is 6. The van der Waals surface area contributed by atoms with E-state index in [1.807, 2.05) is 0 Å². The van der Waals surface area contributed by atoms with Crippen molar-refractivity contribution in [1.29, 1.82) is 0 Å². The third-order valence-corrected chi connectivity index (χ3v) is 5.16. The van der Waals surface area contributed by atoms with Crippen molar-refractivity contribution in [3.8, 4) is 0 Å². The lowest BCUT2D eigenvalue weighted by atomic mass is 10.1. The van der Waals surface area contributed by atoms with Crippen LogP contribution in [0.1, 0.15) is 30.6 Å². The zero-order chi connectivity index (χ0) is 19.8. The second-order valence-corrected chi connectivity index (χ2v) is 6.82. The van der Waals surface area contributed by atoms with Gasteiger partial charge >= 0.3 is 18.0 Å². The highest BCUT2D eigenvalue weighted by Crippen LogP contribution is 2.41. The smallest absolute Gasteiger partial charge is 0.376 e. The normalized spacial score (nSPS) is 18.2. The molecule has 2 aliphatic rings. The van der Waals surface area contributed by atoms with E-state index in [0.717, 1.165) is 19.6 Å². The first kappa shape index (κ1) is 19.4. The fraction of sp³-hybridized carbons (Fsp3) is 0.500. The SMILES string of the molecule is CCN(CC)CCCN1C(=O)c2cc(Cl)ccc2N(C)C12OC(=O)C(=O)O2. The van der Waals surface area contributed by atoms with Crippen LogP contribution in [0.5, 0.6) is 0 Å². The van der Waals surface area contributed by atoms with E-state index >= 15 is 0 Å². The van der Waals surface area contributed by atoms with Gasteiger partial charge in [0, 0.05) is 18.6 Å². The van der Waals surface area contributed by atoms with E-state index in [1.54, 1.807) is 25.2 Å². The second kappa shape index (κ2) is 7.36. The molecule has 0 radical (unpaired) electrons. The van der Waals surface area contributed by atoms with Crippen molar-refractivity contribution in [3.63, 3.8) is 0 Å². The minimum absolute atomic E-state index is 0.242. The molecule has 8 nitrogen and oxygen atoms in total. The average Bonchev–Trinajstić information content (AvgIpc) is 2.95. The van der Waals surface area contributed by atoms with Gasteiger partial charge in [-0.2, -0.15) is 0 Å². The van der Waals surface area contributed by atoms with Crippen molar-refractivity contribution in [3.05, 3.63) is 28.8 Å². The molecule has 0 bridgehead atoms. The molecule has 9 heteroatoms. The zero-order valence-corrected chi connectivity index (χ0v) is 16.3. The molecular weight excluding hydrogens is 374 g/mol. The molecule has 0 aliphatic carbocycles. The number of anilines is 1. The Bertz CT molecular complexity index is 764. The lowest BCUT2D eigenvalue weighted by Crippen LogP contribution is -2.66. The molecule has 1 saturated heterocycles. The first-order valence-electron chi connectivity index (χ1n) is 8.88. The van der Waals surface area contributed by atoms with Gasteiger partial charge in [0.2, 0.25) is 0 Å². The summed E-state index contributed by atoms with van der Waals surface area (Å²) < 4.78 is 10.5. The van der Waals surface area contributed by atoms with Crippen molar-refractivity contribution < 1.29 is 23.9 Å². The second-order valence-electron chi connectivity index (χ2n) is 6.39. The molecule has 146 valence electrons. The molecule has 1 aromatic carbocycles. The first-order chi connectivity index (χ1) is 12.8. The van der Waals surface area contributed by atoms with E-state index < -0.39 is 23.9 Å². The Labute approximate surface area is 162 Å². The van der Waals surface area contributed by atoms with Crippen LogP contribution in [0.4, 0.5) is 5.69 Å². The number of carbonyl (C=O) groups excluding carboxylic acids is 3. The van der Waals surface area contributed by atoms with Crippen molar-refractivity contribution in [2.24, 2.45) is 0 Å². The predicted octanol–water partition coefficient (Wildman–Crippen LogP) is 1.68. The highest BCUT2D eigenvalue weighted by atomic mass is 35.5. The molecule has 2 heterocycles. The average molecular weight is 396 g/mol. The number of esters is 2. The molecule has 0 N–H and O–H groups in total. The minimum atomic E-state index is -1.91. The van der Waals surface area contributed by atoms with Crippen molar-refractivity contribution in [2.45, 2.75) is 26.3 Å². The third kappa shape index (κ3) is 3.23. The Morgan fingerprint density at radius 1 is 1.11 bits per heavy atom. The molecule has 1 amide bonds. The Morgan fingerprint density at radius 3 is 2.33 bits per heavy atom. The standard InChI is InChI=1S/C18H22ClN3O5/c1-4-21(5-2)9-6-10-22-15(23)13-11-12(19)7-8-14(13)20(3)18(22)26-16(24)17(25)27-18/h7-8,11H,4-6,9-10H2,1-3H3. The largest absolute Gasteiger partial charge is 0.442 e. The maximum atomic E-state index is 13.1. The summed E-state index contributed by atoms with van der Waals surface area (Å²) in [6.45, 7) is 6.88. The summed E-state index contributed by atoms with van der Waals surface area (Å²) in [6.07, 6.45) is 0.619. The summed E-state index contributed by atoms with van der Waals surface area (Å²) in [7, 11) is 1.60. The summed E-state index contributed by atoms with van der Waals surface area (Å²) >= 11 is 6.05. The summed E-state index contributed by atoms with van der Waals surface area (Å²) in [4.78, 5) is 41.7. The number of fused-ring (bicyclic) bond motifs is 1. The number of halogens is 1. The number of hydrogen-bond acceptors (Lipinski definition) is 7. The van der Waals surface area contributed by atoms with Gasteiger partial charge in [0.1, 0.15) is 0 Å². The van der Waals surface area contributed by atoms with Gasteiger partial charge in [-0.1, -0.05) is 25.4 Å². The van der Waals surface area contributed by atoms with Gasteiger partial charge < -0.3 is 14.4 Å². The van der Waals surface area contributed by atoms with Crippen molar-refractivity contribution in [1.82, 2.24) is 9.80 Å². The highest BCUT2D eigenvalue weighted by molar-refractivity contribution is 6.32. The molecule has 0 atom stereocenters. The number of ether oxygens (including phenoxy) is 2. The number of carbonyl (C=O) groups is 3. The van der Waals surface area contributed by atoms with Gasteiger partial charge in [0.25, 0.3) is 5.91 Å². The lowest BCUT2D eigenvalue weighted by Gasteiger charge is -2.46. The quantitative estimate of drug-likeness (QED) is 0.535. The highest BCUT2D eigenvalue weighted by Gasteiger charge is 2.61. The number of hydrogen-bond donors (Lipinski definition) is 0. The van der Waals surface area contributed by atoms with Gasteiger partial charge in [-0.25, -0.2) is 14.5 Å². The van der Waals surface area contributed by atoms with Gasteiger partial charge in [0.15, 0.2) is 0 Å². The van der Waals surface area contributed by atoms with E-state index in [2.05, 4.69) is 18.7 Å². The van der Waals surface area contributed by atoms with Crippen LogP contribution in [0, 0.1) is 0 Å². The Hall–Kier alpha value is -2.32. The summed E-state index contributed by atoms with van der Waals surface area (Å²) in [5.41, 5.74) is 0.823. The van der Waals surface area contributed by atoms with Gasteiger partial charge in [0.05, 0.1) is 11.3 Å². The maximum Gasteiger partial charge on any atom is 0.442 e. The van der Waals surface area contributed by atoms with Gasteiger partial charge in [-0.3, -0.25) is 9.69 Å². The van der Waals surface area contributed by atoms with E-state index in [9.17, 15) is 14.4 Å². The summed E-state index contributed by atoms with van der Waals surface area (Å²) in [5.74, 6) is -2.66. The van der Waals surface area contributed by atoms with Gasteiger partial charge in [-0.15, -0.1) is 0 Å². The summed E-state index contributed by atoms with van der Waals surface area (Å²) in [5, 5.41) is 0.412. The first-order valence-corrected chi connectivity index (χ1v) is 9.25. The van der Waals surface area contributed by atoms with Crippen molar-refractivity contribution in [2.75, 3.05) is 38.1 Å². The van der Waals surface area contributed by atoms with E-state index in [4.69, 9.17) is 21.1 Å². The van der Waals surface area contributed by atoms with E-state index in [0.29, 0.717) is 22.7 Å². The number of amides is 1. The molecule has 1 aromatic rings. The molecule has 1 spiro atoms. The van der Waals surface area contributed by atoms with Crippen LogP contribution in [-0.4, -0.2) is 66.9 Å². The fourth-order valence-electron chi connectivity index (χ4n) is 3.41. The monoisotopic (exact) mass is 395 g/mol. The number of benzene rings is 1. The third-order valence-electron chi connectivity index (χ3n) is 4.93. The molecule has 1 fully saturated rings. The zero-order valence-electron chi connectivity index (χ0n) is 15.5. The Kier molecular flexibility index (Phi) is 5.30. The van der Waals surface area contributed by atoms with Gasteiger partial charge in [-0.05, 0) is 44.3 Å².